The van der Waals surface area contributed by atoms with E-state index in [0.29, 0.717) is 0 Å². The third-order valence-corrected chi connectivity index (χ3v) is 4.90. The van der Waals surface area contributed by atoms with Crippen LogP contribution in [0.1, 0.15) is 40.3 Å². The van der Waals surface area contributed by atoms with Crippen LogP contribution in [0.15, 0.2) is 24.3 Å². The Hall–Kier alpha value is -1.03. The molecule has 0 amide bonds. The van der Waals surface area contributed by atoms with Crippen LogP contribution >= 0.6 is 22.9 Å². The number of benzene rings is 1. The van der Waals surface area contributed by atoms with Gasteiger partial charge in [0.2, 0.25) is 0 Å². The fourth-order valence-corrected chi connectivity index (χ4v) is 3.82. The second-order valence-corrected chi connectivity index (χ2v) is 6.90. The molecule has 1 heterocycles. The van der Waals surface area contributed by atoms with Gasteiger partial charge in [-0.05, 0) is 56.6 Å². The molecule has 1 aromatic heterocycles. The molecule has 0 saturated heterocycles. The number of ether oxygens (including phenoxy) is 1. The van der Waals surface area contributed by atoms with Gasteiger partial charge in [-0.15, -0.1) is 11.3 Å². The first-order chi connectivity index (χ1) is 10.1. The summed E-state index contributed by atoms with van der Waals surface area (Å²) in [7, 11) is 1.70. The van der Waals surface area contributed by atoms with E-state index in [4.69, 9.17) is 16.3 Å². The Labute approximate surface area is 136 Å². The minimum absolute atomic E-state index is 0.122. The second-order valence-electron chi connectivity index (χ2n) is 5.18. The Morgan fingerprint density at radius 1 is 1.29 bits per heavy atom. The van der Waals surface area contributed by atoms with Crippen molar-refractivity contribution < 1.29 is 4.74 Å². The topological polar surface area (TPSA) is 21.3 Å². The maximum Gasteiger partial charge on any atom is 0.124 e. The Morgan fingerprint density at radius 3 is 2.62 bits per heavy atom. The van der Waals surface area contributed by atoms with Gasteiger partial charge in [-0.3, -0.25) is 0 Å². The summed E-state index contributed by atoms with van der Waals surface area (Å²) >= 11 is 8.04. The third-order valence-electron chi connectivity index (χ3n) is 3.44. The van der Waals surface area contributed by atoms with Gasteiger partial charge in [0.05, 0.1) is 13.2 Å². The van der Waals surface area contributed by atoms with E-state index in [1.807, 2.05) is 29.5 Å². The van der Waals surface area contributed by atoms with Crippen LogP contribution in [0.2, 0.25) is 5.02 Å². The molecule has 2 rings (SSSR count). The third kappa shape index (κ3) is 3.79. The van der Waals surface area contributed by atoms with Gasteiger partial charge >= 0.3 is 0 Å². The summed E-state index contributed by atoms with van der Waals surface area (Å²) in [6, 6.07) is 8.17. The summed E-state index contributed by atoms with van der Waals surface area (Å²) in [5.74, 6) is 0.874. The normalized spacial score (nSPS) is 12.4. The van der Waals surface area contributed by atoms with Crippen molar-refractivity contribution in [3.8, 4) is 5.75 Å². The fraction of sp³-hybridized carbons (Fsp3) is 0.412. The van der Waals surface area contributed by atoms with Gasteiger partial charge < -0.3 is 10.1 Å². The highest BCUT2D eigenvalue weighted by Crippen LogP contribution is 2.37. The molecule has 0 saturated carbocycles. The van der Waals surface area contributed by atoms with E-state index >= 15 is 0 Å². The summed E-state index contributed by atoms with van der Waals surface area (Å²) in [4.78, 5) is 2.66. The minimum atomic E-state index is 0.122. The molecule has 0 spiro atoms. The molecule has 0 radical (unpaired) electrons. The molecule has 1 N–H and O–H groups in total. The first-order valence-corrected chi connectivity index (χ1v) is 8.40. The van der Waals surface area contributed by atoms with Gasteiger partial charge in [0.25, 0.3) is 0 Å². The fourth-order valence-electron chi connectivity index (χ4n) is 2.51. The summed E-state index contributed by atoms with van der Waals surface area (Å²) in [5, 5.41) is 4.37. The zero-order chi connectivity index (χ0) is 15.4. The standard InChI is InChI=1S/C17H22ClNOS/c1-5-8-19-16(17-11(2)9-12(3)21-17)14-10-13(18)6-7-15(14)20-4/h6-7,9-10,16,19H,5,8H2,1-4H3. The molecular formula is C17H22ClNOS. The monoisotopic (exact) mass is 323 g/mol. The van der Waals surface area contributed by atoms with Gasteiger partial charge in [0, 0.05) is 20.3 Å². The average Bonchev–Trinajstić information content (AvgIpc) is 2.78. The molecule has 0 aliphatic carbocycles. The Balaban J connectivity index is 2.50. The molecule has 1 aromatic carbocycles. The number of aryl methyl sites for hydroxylation is 2. The van der Waals surface area contributed by atoms with E-state index in [2.05, 4.69) is 32.2 Å². The van der Waals surface area contributed by atoms with Crippen LogP contribution in [0.3, 0.4) is 0 Å². The van der Waals surface area contributed by atoms with Crippen LogP contribution in [0.25, 0.3) is 0 Å². The van der Waals surface area contributed by atoms with E-state index in [9.17, 15) is 0 Å². The van der Waals surface area contributed by atoms with Crippen molar-refractivity contribution in [3.05, 3.63) is 50.2 Å². The Bertz CT molecular complexity index is 609. The number of halogens is 1. The highest BCUT2D eigenvalue weighted by atomic mass is 35.5. The van der Waals surface area contributed by atoms with Crippen molar-refractivity contribution in [2.75, 3.05) is 13.7 Å². The van der Waals surface area contributed by atoms with E-state index < -0.39 is 0 Å². The zero-order valence-corrected chi connectivity index (χ0v) is 14.6. The van der Waals surface area contributed by atoms with Crippen molar-refractivity contribution in [2.24, 2.45) is 0 Å². The van der Waals surface area contributed by atoms with E-state index in [0.717, 1.165) is 29.3 Å². The first-order valence-electron chi connectivity index (χ1n) is 7.20. The highest BCUT2D eigenvalue weighted by molar-refractivity contribution is 7.12. The van der Waals surface area contributed by atoms with Crippen molar-refractivity contribution in [1.29, 1.82) is 0 Å². The van der Waals surface area contributed by atoms with Gasteiger partial charge in [-0.1, -0.05) is 18.5 Å². The van der Waals surface area contributed by atoms with Gasteiger partial charge in [0.15, 0.2) is 0 Å². The summed E-state index contributed by atoms with van der Waals surface area (Å²) in [5.41, 5.74) is 2.41. The number of hydrogen-bond acceptors (Lipinski definition) is 3. The second kappa shape index (κ2) is 7.30. The minimum Gasteiger partial charge on any atom is -0.496 e. The lowest BCUT2D eigenvalue weighted by molar-refractivity contribution is 0.404. The van der Waals surface area contributed by atoms with Crippen LogP contribution in [0.4, 0.5) is 0 Å². The Morgan fingerprint density at radius 2 is 2.05 bits per heavy atom. The molecule has 4 heteroatoms. The average molecular weight is 324 g/mol. The smallest absolute Gasteiger partial charge is 0.124 e. The van der Waals surface area contributed by atoms with Gasteiger partial charge in [-0.25, -0.2) is 0 Å². The van der Waals surface area contributed by atoms with E-state index in [1.165, 1.54) is 15.3 Å². The maximum atomic E-state index is 6.20. The number of methoxy groups -OCH3 is 1. The number of hydrogen-bond donors (Lipinski definition) is 1. The molecule has 1 atom stereocenters. The molecule has 2 nitrogen and oxygen atoms in total. The quantitative estimate of drug-likeness (QED) is 0.797. The van der Waals surface area contributed by atoms with E-state index in [-0.39, 0.29) is 6.04 Å². The molecule has 2 aromatic rings. The molecule has 21 heavy (non-hydrogen) atoms. The predicted molar refractivity (Wildman–Crippen MR) is 91.9 cm³/mol. The van der Waals surface area contributed by atoms with Crippen LogP contribution in [0, 0.1) is 13.8 Å². The van der Waals surface area contributed by atoms with Gasteiger partial charge in [-0.2, -0.15) is 0 Å². The summed E-state index contributed by atoms with van der Waals surface area (Å²) in [6.07, 6.45) is 1.09. The Kier molecular flexibility index (Phi) is 5.68. The van der Waals surface area contributed by atoms with Crippen molar-refractivity contribution >= 4 is 22.9 Å². The largest absolute Gasteiger partial charge is 0.496 e. The molecule has 114 valence electrons. The molecule has 1 unspecified atom stereocenters. The number of thiophene rings is 1. The predicted octanol–water partition coefficient (Wildman–Crippen LogP) is 5.12. The van der Waals surface area contributed by atoms with E-state index in [1.54, 1.807) is 7.11 Å². The molecule has 0 aliphatic rings. The van der Waals surface area contributed by atoms with Gasteiger partial charge in [0.1, 0.15) is 5.75 Å². The van der Waals surface area contributed by atoms with Crippen LogP contribution in [-0.2, 0) is 0 Å². The molecule has 0 aliphatic heterocycles. The highest BCUT2D eigenvalue weighted by Gasteiger charge is 2.21. The lowest BCUT2D eigenvalue weighted by Gasteiger charge is -2.21. The summed E-state index contributed by atoms with van der Waals surface area (Å²) < 4.78 is 5.54. The van der Waals surface area contributed by atoms with Crippen molar-refractivity contribution in [3.63, 3.8) is 0 Å². The lowest BCUT2D eigenvalue weighted by atomic mass is 10.0. The lowest BCUT2D eigenvalue weighted by Crippen LogP contribution is -2.23. The molecule has 0 bridgehead atoms. The van der Waals surface area contributed by atoms with Crippen LogP contribution in [0.5, 0.6) is 5.75 Å². The number of nitrogens with one attached hydrogen (secondary N) is 1. The van der Waals surface area contributed by atoms with Crippen molar-refractivity contribution in [1.82, 2.24) is 5.32 Å². The molecular weight excluding hydrogens is 302 g/mol. The van der Waals surface area contributed by atoms with Crippen molar-refractivity contribution in [2.45, 2.75) is 33.2 Å². The van der Waals surface area contributed by atoms with Crippen LogP contribution < -0.4 is 10.1 Å². The zero-order valence-electron chi connectivity index (χ0n) is 13.0. The first kappa shape index (κ1) is 16.3. The maximum absolute atomic E-state index is 6.20. The molecule has 0 fully saturated rings. The summed E-state index contributed by atoms with van der Waals surface area (Å²) in [6.45, 7) is 7.44. The number of rotatable bonds is 6. The van der Waals surface area contributed by atoms with Crippen LogP contribution in [-0.4, -0.2) is 13.7 Å². The SMILES string of the molecule is CCCNC(c1cc(Cl)ccc1OC)c1sc(C)cc1C.